The van der Waals surface area contributed by atoms with E-state index >= 15 is 0 Å². The molecule has 4 aliphatic rings. The van der Waals surface area contributed by atoms with Crippen LogP contribution in [0.3, 0.4) is 0 Å². The molecule has 0 nitrogen and oxygen atoms in total. The van der Waals surface area contributed by atoms with Gasteiger partial charge in [0.1, 0.15) is 0 Å². The molecule has 0 saturated carbocycles. The summed E-state index contributed by atoms with van der Waals surface area (Å²) < 4.78 is 0. The Morgan fingerprint density at radius 1 is 0.357 bits per heavy atom. The molecule has 4 aliphatic heterocycles. The van der Waals surface area contributed by atoms with Crippen LogP contribution in [-0.2, 0) is 54.0 Å². The van der Waals surface area contributed by atoms with Crippen LogP contribution in [0.4, 0.5) is 0 Å². The minimum atomic E-state index is -0.427. The van der Waals surface area contributed by atoms with Crippen LogP contribution in [-0.4, -0.2) is 43.7 Å². The average Bonchev–Trinajstić information content (AvgIpc) is 1.82. The first-order valence-electron chi connectivity index (χ1n) is 2.45. The third-order valence-corrected chi connectivity index (χ3v) is 243. The maximum atomic E-state index is 2.56. The first-order chi connectivity index (χ1) is 4.90. The summed E-state index contributed by atoms with van der Waals surface area (Å²) in [4.78, 5) is 0. The predicted octanol–water partition coefficient (Wildman–Crippen LogP) is 1.29. The molecular weight excluding hydrogens is 611 g/mol. The number of rotatable bonds is 0. The molecular formula is H4Ge4S10-4. The van der Waals surface area contributed by atoms with Gasteiger partial charge in [0.25, 0.3) is 0 Å². The Morgan fingerprint density at radius 2 is 0.500 bits per heavy atom. The van der Waals surface area contributed by atoms with Crippen molar-refractivity contribution in [2.75, 3.05) is 0 Å². The van der Waals surface area contributed by atoms with Crippen molar-refractivity contribution >= 4 is 148 Å². The zero-order valence-electron chi connectivity index (χ0n) is 6.24. The summed E-state index contributed by atoms with van der Waals surface area (Å²) in [7, 11) is 13.7. The van der Waals surface area contributed by atoms with Gasteiger partial charge in [0.05, 0.1) is 0 Å². The van der Waals surface area contributed by atoms with Gasteiger partial charge in [-0.15, -0.1) is 0 Å². The Morgan fingerprint density at radius 3 is 0.643 bits per heavy atom. The molecule has 84 valence electrons. The summed E-state index contributed by atoms with van der Waals surface area (Å²) >= 11 is 0. The summed E-state index contributed by atoms with van der Waals surface area (Å²) in [5.74, 6) is 0. The molecule has 14 heteroatoms. The third-order valence-electron chi connectivity index (χ3n) is 1.000. The van der Waals surface area contributed by atoms with Crippen LogP contribution in [0.15, 0.2) is 0 Å². The summed E-state index contributed by atoms with van der Waals surface area (Å²) in [6.07, 6.45) is 0. The van der Waals surface area contributed by atoms with E-state index in [9.17, 15) is 0 Å². The van der Waals surface area contributed by atoms with Crippen LogP contribution in [0.5, 0.6) is 0 Å². The van der Waals surface area contributed by atoms with Gasteiger partial charge < -0.3 is 54.0 Å². The Kier molecular flexibility index (Phi) is 16.3. The van der Waals surface area contributed by atoms with Crippen LogP contribution in [0, 0.1) is 0 Å². The van der Waals surface area contributed by atoms with Gasteiger partial charge >= 0.3 is 94.2 Å². The van der Waals surface area contributed by atoms with E-state index in [1.54, 1.807) is 0 Å². The Balaban J connectivity index is 0. The average molecular weight is 615 g/mol. The molecule has 4 fully saturated rings. The van der Waals surface area contributed by atoms with Gasteiger partial charge in [-0.25, -0.2) is 0 Å². The van der Waals surface area contributed by atoms with E-state index in [2.05, 4.69) is 50.5 Å². The Labute approximate surface area is 144 Å². The zero-order chi connectivity index (χ0) is 6.55. The van der Waals surface area contributed by atoms with Crippen molar-refractivity contribution in [2.24, 2.45) is 0 Å². The fourth-order valence-electron chi connectivity index (χ4n) is 0.658. The SMILES string of the molecule is [SH-].[SH-].[SH-].[SH-].[S]1[Ge]2[S][Ge]3[S][Ge]1[S][Ge]([S]2)[S]3. The molecule has 0 aromatic rings. The van der Waals surface area contributed by atoms with E-state index in [-0.39, 0.29) is 54.0 Å². The third kappa shape index (κ3) is 5.58. The van der Waals surface area contributed by atoms with Crippen molar-refractivity contribution in [3.8, 4) is 0 Å². The molecule has 0 spiro atoms. The maximum absolute atomic E-state index is 2.56. The first-order valence-corrected chi connectivity index (χ1v) is 38.2. The molecule has 4 saturated heterocycles. The number of hydrogen-bond acceptors (Lipinski definition) is 10. The van der Waals surface area contributed by atoms with Crippen LogP contribution < -0.4 is 0 Å². The second-order valence-corrected chi connectivity index (χ2v) is 96.4. The van der Waals surface area contributed by atoms with Gasteiger partial charge in [0.2, 0.25) is 0 Å². The van der Waals surface area contributed by atoms with Crippen molar-refractivity contribution in [2.45, 2.75) is 0 Å². The van der Waals surface area contributed by atoms with Gasteiger partial charge in [-0.3, -0.25) is 0 Å². The van der Waals surface area contributed by atoms with Crippen molar-refractivity contribution in [1.29, 1.82) is 0 Å². The fraction of sp³-hybridized carbons (Fsp3) is 0. The molecule has 0 aliphatic carbocycles. The summed E-state index contributed by atoms with van der Waals surface area (Å²) in [5, 5.41) is 0. The van der Waals surface area contributed by atoms with E-state index in [1.165, 1.54) is 0 Å². The monoisotopic (exact) mass is 619 g/mol. The summed E-state index contributed by atoms with van der Waals surface area (Å²) in [6, 6.07) is 0. The van der Waals surface area contributed by atoms with Crippen LogP contribution >= 0.6 is 50.5 Å². The molecule has 4 rings (SSSR count). The molecule has 14 heavy (non-hydrogen) atoms. The van der Waals surface area contributed by atoms with E-state index in [0.29, 0.717) is 0 Å². The molecule has 4 bridgehead atoms. The van der Waals surface area contributed by atoms with Crippen LogP contribution in [0.2, 0.25) is 0 Å². The Bertz CT molecular complexity index is 104. The molecule has 0 aromatic carbocycles. The molecule has 0 aromatic heterocycles. The quantitative estimate of drug-likeness (QED) is 0.222. The van der Waals surface area contributed by atoms with Crippen LogP contribution in [0.1, 0.15) is 0 Å². The topological polar surface area (TPSA) is 0 Å². The van der Waals surface area contributed by atoms with E-state index < -0.39 is 43.7 Å². The zero-order valence-corrected chi connectivity index (χ0v) is 23.1. The van der Waals surface area contributed by atoms with E-state index in [0.717, 1.165) is 0 Å². The second-order valence-electron chi connectivity index (χ2n) is 1.61. The van der Waals surface area contributed by atoms with E-state index in [4.69, 9.17) is 0 Å². The molecule has 0 unspecified atom stereocenters. The molecule has 0 atom stereocenters. The van der Waals surface area contributed by atoms with E-state index in [1.807, 2.05) is 0 Å². The van der Waals surface area contributed by atoms with Gasteiger partial charge in [-0.1, -0.05) is 0 Å². The molecule has 4 radical (unpaired) electrons. The van der Waals surface area contributed by atoms with Gasteiger partial charge in [0.15, 0.2) is 0 Å². The standard InChI is InChI=1S/Ge4S6.4H2S/c5-1-6-3-8-2(5)9-4(7-1)10-3;;;;/h;4*1H2/p-4. The first kappa shape index (κ1) is 22.0. The molecule has 0 amide bonds. The Hall–Kier alpha value is 5.67. The second kappa shape index (κ2) is 10.4. The van der Waals surface area contributed by atoms with Gasteiger partial charge in [-0.2, -0.15) is 0 Å². The van der Waals surface area contributed by atoms with Gasteiger partial charge in [-0.05, 0) is 0 Å². The van der Waals surface area contributed by atoms with Crippen molar-refractivity contribution in [3.05, 3.63) is 0 Å². The molecule has 4 heterocycles. The van der Waals surface area contributed by atoms with Crippen molar-refractivity contribution in [1.82, 2.24) is 0 Å². The fourth-order valence-corrected chi connectivity index (χ4v) is 613. The predicted molar refractivity (Wildman–Crippen MR) is 104 cm³/mol. The van der Waals surface area contributed by atoms with Crippen molar-refractivity contribution in [3.63, 3.8) is 0 Å². The number of hydrogen-bond donors (Lipinski definition) is 0. The van der Waals surface area contributed by atoms with Crippen LogP contribution in [0.25, 0.3) is 0 Å². The van der Waals surface area contributed by atoms with Crippen molar-refractivity contribution < 1.29 is 0 Å². The minimum absolute atomic E-state index is 0. The summed E-state index contributed by atoms with van der Waals surface area (Å²) in [5.41, 5.74) is 0. The summed E-state index contributed by atoms with van der Waals surface area (Å²) in [6.45, 7) is 0. The normalized spacial score (nSPS) is 25.7. The molecule has 0 N–H and O–H groups in total. The number of thiol groups is 4. The van der Waals surface area contributed by atoms with Gasteiger partial charge in [0, 0.05) is 0 Å².